The lowest BCUT2D eigenvalue weighted by atomic mass is 10.1. The lowest BCUT2D eigenvalue weighted by Gasteiger charge is -2.12. The van der Waals surface area contributed by atoms with Crippen molar-refractivity contribution in [3.8, 4) is 5.75 Å². The lowest BCUT2D eigenvalue weighted by Crippen LogP contribution is -2.23. The van der Waals surface area contributed by atoms with Crippen molar-refractivity contribution in [2.75, 3.05) is 6.61 Å². The third kappa shape index (κ3) is 4.88. The number of unbranched alkanes of at least 4 members (excludes halogenated alkanes) is 1. The monoisotopic (exact) mass is 361 g/mol. The van der Waals surface area contributed by atoms with Crippen LogP contribution in [0.5, 0.6) is 5.75 Å². The van der Waals surface area contributed by atoms with Crippen molar-refractivity contribution in [3.63, 3.8) is 0 Å². The molecule has 1 amide bonds. The normalized spacial score (nSPS) is 10.3. The van der Waals surface area contributed by atoms with Crippen molar-refractivity contribution >= 4 is 21.8 Å². The van der Waals surface area contributed by atoms with Crippen LogP contribution in [0.15, 0.2) is 53.0 Å². The molecule has 2 aromatic rings. The third-order valence-corrected chi connectivity index (χ3v) is 3.73. The summed E-state index contributed by atoms with van der Waals surface area (Å²) in [6.45, 7) is 3.23. The fourth-order valence-corrected chi connectivity index (χ4v) is 2.37. The summed E-state index contributed by atoms with van der Waals surface area (Å²) in [5.41, 5.74) is 1.63. The smallest absolute Gasteiger partial charge is 0.255 e. The molecule has 0 aliphatic rings. The first-order valence-corrected chi connectivity index (χ1v) is 8.24. The number of ether oxygens (including phenoxy) is 1. The molecule has 0 bridgehead atoms. The summed E-state index contributed by atoms with van der Waals surface area (Å²) in [5, 5.41) is 2.93. The van der Waals surface area contributed by atoms with Crippen molar-refractivity contribution in [3.05, 3.63) is 64.1 Å². The Morgan fingerprint density at radius 3 is 2.68 bits per heavy atom. The van der Waals surface area contributed by atoms with Gasteiger partial charge >= 0.3 is 0 Å². The Kier molecular flexibility index (Phi) is 6.46. The van der Waals surface area contributed by atoms with Crippen LogP contribution < -0.4 is 10.1 Å². The van der Waals surface area contributed by atoms with E-state index in [-0.39, 0.29) is 5.91 Å². The average Bonchev–Trinajstić information content (AvgIpc) is 2.55. The van der Waals surface area contributed by atoms with E-state index in [9.17, 15) is 4.79 Å². The number of benzene rings is 2. The van der Waals surface area contributed by atoms with E-state index in [4.69, 9.17) is 4.74 Å². The minimum atomic E-state index is -0.128. The van der Waals surface area contributed by atoms with Gasteiger partial charge in [0, 0.05) is 11.0 Å². The van der Waals surface area contributed by atoms with Gasteiger partial charge in [0.2, 0.25) is 0 Å². The highest BCUT2D eigenvalue weighted by molar-refractivity contribution is 9.10. The second-order valence-electron chi connectivity index (χ2n) is 5.01. The first-order chi connectivity index (χ1) is 10.7. The maximum atomic E-state index is 12.4. The van der Waals surface area contributed by atoms with Gasteiger partial charge in [-0.2, -0.15) is 0 Å². The van der Waals surface area contributed by atoms with Gasteiger partial charge < -0.3 is 10.1 Å². The van der Waals surface area contributed by atoms with Gasteiger partial charge in [-0.1, -0.05) is 59.6 Å². The molecule has 2 aromatic carbocycles. The van der Waals surface area contributed by atoms with Gasteiger partial charge in [0.15, 0.2) is 0 Å². The largest absolute Gasteiger partial charge is 0.493 e. The van der Waals surface area contributed by atoms with E-state index in [0.29, 0.717) is 24.5 Å². The molecule has 0 atom stereocenters. The molecule has 0 saturated carbocycles. The first kappa shape index (κ1) is 16.6. The van der Waals surface area contributed by atoms with Crippen LogP contribution in [0.25, 0.3) is 0 Å². The Balaban J connectivity index is 2.05. The Bertz CT molecular complexity index is 614. The van der Waals surface area contributed by atoms with Crippen LogP contribution in [-0.2, 0) is 6.54 Å². The zero-order valence-electron chi connectivity index (χ0n) is 12.6. The Hall–Kier alpha value is -1.81. The zero-order chi connectivity index (χ0) is 15.8. The lowest BCUT2D eigenvalue weighted by molar-refractivity contribution is 0.0946. The summed E-state index contributed by atoms with van der Waals surface area (Å²) >= 11 is 3.41. The summed E-state index contributed by atoms with van der Waals surface area (Å²) in [4.78, 5) is 12.4. The predicted molar refractivity (Wildman–Crippen MR) is 92.2 cm³/mol. The molecule has 0 spiro atoms. The van der Waals surface area contributed by atoms with Gasteiger partial charge in [0.25, 0.3) is 5.91 Å². The molecule has 0 aliphatic heterocycles. The van der Waals surface area contributed by atoms with E-state index in [1.807, 2.05) is 42.5 Å². The maximum Gasteiger partial charge on any atom is 0.255 e. The number of rotatable bonds is 7. The molecule has 116 valence electrons. The van der Waals surface area contributed by atoms with Crippen LogP contribution in [0.4, 0.5) is 0 Å². The third-order valence-electron chi connectivity index (χ3n) is 3.24. The summed E-state index contributed by atoms with van der Waals surface area (Å²) in [7, 11) is 0. The van der Waals surface area contributed by atoms with Crippen LogP contribution in [-0.4, -0.2) is 12.5 Å². The minimum absolute atomic E-state index is 0.128. The van der Waals surface area contributed by atoms with Gasteiger partial charge in [0.05, 0.1) is 12.2 Å². The van der Waals surface area contributed by atoms with Gasteiger partial charge in [0.1, 0.15) is 5.75 Å². The Morgan fingerprint density at radius 1 is 1.18 bits per heavy atom. The maximum absolute atomic E-state index is 12.4. The zero-order valence-corrected chi connectivity index (χ0v) is 14.2. The van der Waals surface area contributed by atoms with Crippen molar-refractivity contribution in [2.45, 2.75) is 26.3 Å². The second-order valence-corrected chi connectivity index (χ2v) is 5.93. The highest BCUT2D eigenvalue weighted by Gasteiger charge is 2.13. The average molecular weight is 362 g/mol. The van der Waals surface area contributed by atoms with Crippen LogP contribution in [0.1, 0.15) is 35.7 Å². The molecule has 1 N–H and O–H groups in total. The number of halogens is 1. The summed E-state index contributed by atoms with van der Waals surface area (Å²) in [6.07, 6.45) is 2.03. The van der Waals surface area contributed by atoms with E-state index in [2.05, 4.69) is 28.2 Å². The first-order valence-electron chi connectivity index (χ1n) is 7.45. The van der Waals surface area contributed by atoms with Crippen molar-refractivity contribution in [2.24, 2.45) is 0 Å². The molecule has 0 saturated heterocycles. The fraction of sp³-hybridized carbons (Fsp3) is 0.278. The molecule has 0 aliphatic carbocycles. The standard InChI is InChI=1S/C18H20BrNO2/c1-2-3-11-22-17-10-9-15(19)12-16(17)18(21)20-13-14-7-5-4-6-8-14/h4-10,12H,2-3,11,13H2,1H3,(H,20,21). The number of carbonyl (C=O) groups excluding carboxylic acids is 1. The van der Waals surface area contributed by atoms with Crippen LogP contribution in [0, 0.1) is 0 Å². The molecule has 0 unspecified atom stereocenters. The van der Waals surface area contributed by atoms with Crippen molar-refractivity contribution in [1.29, 1.82) is 0 Å². The SMILES string of the molecule is CCCCOc1ccc(Br)cc1C(=O)NCc1ccccc1. The topological polar surface area (TPSA) is 38.3 Å². The summed E-state index contributed by atoms with van der Waals surface area (Å²) < 4.78 is 6.59. The number of carbonyl (C=O) groups is 1. The number of amides is 1. The predicted octanol–water partition coefficient (Wildman–Crippen LogP) is 4.56. The van der Waals surface area contributed by atoms with Gasteiger partial charge in [-0.3, -0.25) is 4.79 Å². The van der Waals surface area contributed by atoms with Crippen molar-refractivity contribution < 1.29 is 9.53 Å². The Morgan fingerprint density at radius 2 is 1.95 bits per heavy atom. The highest BCUT2D eigenvalue weighted by Crippen LogP contribution is 2.23. The molecule has 0 radical (unpaired) electrons. The van der Waals surface area contributed by atoms with E-state index in [1.54, 1.807) is 6.07 Å². The molecular formula is C18H20BrNO2. The molecule has 2 rings (SSSR count). The molecule has 0 fully saturated rings. The molecule has 0 aromatic heterocycles. The van der Waals surface area contributed by atoms with Gasteiger partial charge in [-0.05, 0) is 30.2 Å². The van der Waals surface area contributed by atoms with Crippen LogP contribution in [0.3, 0.4) is 0 Å². The van der Waals surface area contributed by atoms with E-state index < -0.39 is 0 Å². The molecule has 22 heavy (non-hydrogen) atoms. The molecule has 0 heterocycles. The van der Waals surface area contributed by atoms with E-state index in [0.717, 1.165) is 22.9 Å². The Labute approximate surface area is 139 Å². The molecule has 3 nitrogen and oxygen atoms in total. The molecular weight excluding hydrogens is 342 g/mol. The van der Waals surface area contributed by atoms with Crippen LogP contribution in [0.2, 0.25) is 0 Å². The second kappa shape index (κ2) is 8.59. The van der Waals surface area contributed by atoms with E-state index in [1.165, 1.54) is 0 Å². The van der Waals surface area contributed by atoms with Crippen molar-refractivity contribution in [1.82, 2.24) is 5.32 Å². The highest BCUT2D eigenvalue weighted by atomic mass is 79.9. The van der Waals surface area contributed by atoms with Crippen LogP contribution >= 0.6 is 15.9 Å². The van der Waals surface area contributed by atoms with E-state index >= 15 is 0 Å². The minimum Gasteiger partial charge on any atom is -0.493 e. The number of hydrogen-bond acceptors (Lipinski definition) is 2. The van der Waals surface area contributed by atoms with Gasteiger partial charge in [-0.15, -0.1) is 0 Å². The summed E-state index contributed by atoms with van der Waals surface area (Å²) in [6, 6.07) is 15.4. The quantitative estimate of drug-likeness (QED) is 0.734. The fourth-order valence-electron chi connectivity index (χ4n) is 2.01. The molecule has 4 heteroatoms. The number of nitrogens with one attached hydrogen (secondary N) is 1. The van der Waals surface area contributed by atoms with Gasteiger partial charge in [-0.25, -0.2) is 0 Å². The summed E-state index contributed by atoms with van der Waals surface area (Å²) in [5.74, 6) is 0.499. The number of hydrogen-bond donors (Lipinski definition) is 1.